The summed E-state index contributed by atoms with van der Waals surface area (Å²) in [5.41, 5.74) is 2.55. The van der Waals surface area contributed by atoms with Gasteiger partial charge in [0.25, 0.3) is 0 Å². The summed E-state index contributed by atoms with van der Waals surface area (Å²) in [5, 5.41) is 2.86. The highest BCUT2D eigenvalue weighted by molar-refractivity contribution is 6.00. The van der Waals surface area contributed by atoms with Gasteiger partial charge in [-0.15, -0.1) is 0 Å². The second kappa shape index (κ2) is 5.68. The van der Waals surface area contributed by atoms with E-state index < -0.39 is 0 Å². The fourth-order valence-corrected chi connectivity index (χ4v) is 1.81. The predicted molar refractivity (Wildman–Crippen MR) is 67.3 cm³/mol. The van der Waals surface area contributed by atoms with Crippen molar-refractivity contribution in [2.75, 3.05) is 27.8 Å². The van der Waals surface area contributed by atoms with Gasteiger partial charge in [0.1, 0.15) is 0 Å². The van der Waals surface area contributed by atoms with Gasteiger partial charge in [0, 0.05) is 5.56 Å². The quantitative estimate of drug-likeness (QED) is 0.792. The summed E-state index contributed by atoms with van der Waals surface area (Å²) < 4.78 is 10.5. The zero-order valence-electron chi connectivity index (χ0n) is 11.0. The number of hydrogen-bond donors (Lipinski definition) is 1. The molecule has 0 spiro atoms. The molecule has 0 radical (unpaired) electrons. The molecule has 0 aliphatic carbocycles. The van der Waals surface area contributed by atoms with E-state index in [2.05, 4.69) is 5.32 Å². The Morgan fingerprint density at radius 2 is 1.88 bits per heavy atom. The summed E-state index contributed by atoms with van der Waals surface area (Å²) >= 11 is 0. The van der Waals surface area contributed by atoms with Gasteiger partial charge in [0.2, 0.25) is 0 Å². The van der Waals surface area contributed by atoms with Crippen molar-refractivity contribution >= 4 is 5.78 Å². The Kier molecular flexibility index (Phi) is 4.52. The minimum Gasteiger partial charge on any atom is -0.493 e. The number of methoxy groups -OCH3 is 2. The fourth-order valence-electron chi connectivity index (χ4n) is 1.81. The number of benzene rings is 1. The smallest absolute Gasteiger partial charge is 0.177 e. The summed E-state index contributed by atoms with van der Waals surface area (Å²) in [4.78, 5) is 11.9. The number of carbonyl (C=O) groups excluding carboxylic acids is 1. The molecule has 0 aliphatic rings. The number of ether oxygens (including phenoxy) is 2. The molecule has 0 saturated heterocycles. The standard InChI is InChI=1S/C13H19NO3/c1-8-9(2)13(17-5)12(16-4)6-10(8)11(15)7-14-3/h6,14H,7H2,1-5H3. The maximum atomic E-state index is 11.9. The van der Waals surface area contributed by atoms with E-state index >= 15 is 0 Å². The van der Waals surface area contributed by atoms with Crippen LogP contribution in [0.4, 0.5) is 0 Å². The molecule has 0 saturated carbocycles. The molecule has 1 aromatic rings. The summed E-state index contributed by atoms with van der Waals surface area (Å²) in [6.45, 7) is 4.16. The minimum absolute atomic E-state index is 0.0500. The molecule has 1 aromatic carbocycles. The lowest BCUT2D eigenvalue weighted by Gasteiger charge is -2.15. The molecule has 94 valence electrons. The molecule has 0 atom stereocenters. The summed E-state index contributed by atoms with van der Waals surface area (Å²) in [6, 6.07) is 1.74. The number of rotatable bonds is 5. The molecule has 0 aliphatic heterocycles. The zero-order valence-corrected chi connectivity index (χ0v) is 11.0. The fraction of sp³-hybridized carbons (Fsp3) is 0.462. The van der Waals surface area contributed by atoms with Crippen molar-refractivity contribution in [3.63, 3.8) is 0 Å². The molecule has 4 heteroatoms. The van der Waals surface area contributed by atoms with E-state index in [1.165, 1.54) is 0 Å². The lowest BCUT2D eigenvalue weighted by molar-refractivity contribution is 0.0992. The molecule has 1 rings (SSSR count). The highest BCUT2D eigenvalue weighted by Crippen LogP contribution is 2.35. The maximum absolute atomic E-state index is 11.9. The van der Waals surface area contributed by atoms with Crippen molar-refractivity contribution in [3.8, 4) is 11.5 Å². The number of carbonyl (C=O) groups is 1. The zero-order chi connectivity index (χ0) is 13.0. The van der Waals surface area contributed by atoms with Gasteiger partial charge in [-0.05, 0) is 38.1 Å². The van der Waals surface area contributed by atoms with Gasteiger partial charge in [-0.25, -0.2) is 0 Å². The highest BCUT2D eigenvalue weighted by Gasteiger charge is 2.17. The van der Waals surface area contributed by atoms with Crippen LogP contribution in [-0.4, -0.2) is 33.6 Å². The third-order valence-electron chi connectivity index (χ3n) is 2.87. The third kappa shape index (κ3) is 2.58. The van der Waals surface area contributed by atoms with Crippen LogP contribution in [0.5, 0.6) is 11.5 Å². The predicted octanol–water partition coefficient (Wildman–Crippen LogP) is 1.72. The van der Waals surface area contributed by atoms with Crippen LogP contribution >= 0.6 is 0 Å². The molecule has 0 amide bonds. The van der Waals surface area contributed by atoms with Crippen LogP contribution in [0.15, 0.2) is 6.07 Å². The number of Topliss-reactive ketones (excluding diaryl/α,β-unsaturated/α-hetero) is 1. The van der Waals surface area contributed by atoms with Gasteiger partial charge in [-0.2, -0.15) is 0 Å². The Bertz CT molecular complexity index is 427. The summed E-state index contributed by atoms with van der Waals surface area (Å²) in [7, 11) is 4.92. The van der Waals surface area contributed by atoms with Crippen molar-refractivity contribution < 1.29 is 14.3 Å². The van der Waals surface area contributed by atoms with Crippen LogP contribution in [0.3, 0.4) is 0 Å². The van der Waals surface area contributed by atoms with Crippen LogP contribution in [0, 0.1) is 13.8 Å². The van der Waals surface area contributed by atoms with E-state index in [0.717, 1.165) is 11.1 Å². The summed E-state index contributed by atoms with van der Waals surface area (Å²) in [6.07, 6.45) is 0. The van der Waals surface area contributed by atoms with Crippen molar-refractivity contribution in [2.24, 2.45) is 0 Å². The molecule has 17 heavy (non-hydrogen) atoms. The number of likely N-dealkylation sites (N-methyl/N-ethyl adjacent to an activating group) is 1. The number of nitrogens with one attached hydrogen (secondary N) is 1. The molecule has 4 nitrogen and oxygen atoms in total. The minimum atomic E-state index is 0.0500. The number of hydrogen-bond acceptors (Lipinski definition) is 4. The largest absolute Gasteiger partial charge is 0.493 e. The lowest BCUT2D eigenvalue weighted by Crippen LogP contribution is -2.20. The van der Waals surface area contributed by atoms with E-state index in [1.807, 2.05) is 13.8 Å². The first-order valence-corrected chi connectivity index (χ1v) is 5.46. The monoisotopic (exact) mass is 237 g/mol. The van der Waals surface area contributed by atoms with Crippen molar-refractivity contribution in [2.45, 2.75) is 13.8 Å². The normalized spacial score (nSPS) is 10.2. The molecule has 0 aromatic heterocycles. The van der Waals surface area contributed by atoms with Gasteiger partial charge in [0.05, 0.1) is 20.8 Å². The van der Waals surface area contributed by atoms with Crippen LogP contribution in [0.1, 0.15) is 21.5 Å². The number of ketones is 1. The van der Waals surface area contributed by atoms with Gasteiger partial charge in [-0.3, -0.25) is 4.79 Å². The highest BCUT2D eigenvalue weighted by atomic mass is 16.5. The molecule has 1 N–H and O–H groups in total. The Labute approximate surface area is 102 Å². The SMILES string of the molecule is CNCC(=O)c1cc(OC)c(OC)c(C)c1C. The van der Waals surface area contributed by atoms with Crippen LogP contribution in [0.2, 0.25) is 0 Å². The molecular weight excluding hydrogens is 218 g/mol. The average molecular weight is 237 g/mol. The van der Waals surface area contributed by atoms with Crippen LogP contribution < -0.4 is 14.8 Å². The van der Waals surface area contributed by atoms with Gasteiger partial charge >= 0.3 is 0 Å². The van der Waals surface area contributed by atoms with Gasteiger partial charge < -0.3 is 14.8 Å². The second-order valence-corrected chi connectivity index (χ2v) is 3.86. The molecule has 0 bridgehead atoms. The lowest BCUT2D eigenvalue weighted by atomic mass is 9.98. The molecule has 0 unspecified atom stereocenters. The van der Waals surface area contributed by atoms with Crippen LogP contribution in [0.25, 0.3) is 0 Å². The Morgan fingerprint density at radius 1 is 1.24 bits per heavy atom. The Hall–Kier alpha value is -1.55. The van der Waals surface area contributed by atoms with E-state index in [1.54, 1.807) is 27.3 Å². The molecule has 0 heterocycles. The van der Waals surface area contributed by atoms with E-state index in [0.29, 0.717) is 23.6 Å². The molecular formula is C13H19NO3. The first-order chi connectivity index (χ1) is 8.06. The van der Waals surface area contributed by atoms with Crippen LogP contribution in [-0.2, 0) is 0 Å². The Balaban J connectivity index is 3.34. The van der Waals surface area contributed by atoms with Crippen molar-refractivity contribution in [1.82, 2.24) is 5.32 Å². The van der Waals surface area contributed by atoms with Crippen molar-refractivity contribution in [3.05, 3.63) is 22.8 Å². The average Bonchev–Trinajstić information content (AvgIpc) is 2.32. The maximum Gasteiger partial charge on any atom is 0.177 e. The van der Waals surface area contributed by atoms with E-state index in [-0.39, 0.29) is 5.78 Å². The van der Waals surface area contributed by atoms with Gasteiger partial charge in [-0.1, -0.05) is 0 Å². The second-order valence-electron chi connectivity index (χ2n) is 3.86. The third-order valence-corrected chi connectivity index (χ3v) is 2.87. The summed E-state index contributed by atoms with van der Waals surface area (Å²) in [5.74, 6) is 1.33. The van der Waals surface area contributed by atoms with Crippen molar-refractivity contribution in [1.29, 1.82) is 0 Å². The van der Waals surface area contributed by atoms with E-state index in [4.69, 9.17) is 9.47 Å². The van der Waals surface area contributed by atoms with E-state index in [9.17, 15) is 4.79 Å². The topological polar surface area (TPSA) is 47.6 Å². The first-order valence-electron chi connectivity index (χ1n) is 5.46. The molecule has 0 fully saturated rings. The Morgan fingerprint density at radius 3 is 2.35 bits per heavy atom. The van der Waals surface area contributed by atoms with Gasteiger partial charge in [0.15, 0.2) is 17.3 Å². The first kappa shape index (κ1) is 13.5.